The van der Waals surface area contributed by atoms with Gasteiger partial charge in [-0.15, -0.1) is 0 Å². The lowest BCUT2D eigenvalue weighted by molar-refractivity contribution is 0.318. The Labute approximate surface area is 104 Å². The highest BCUT2D eigenvalue weighted by atomic mass is 19.2. The van der Waals surface area contributed by atoms with Crippen LogP contribution in [-0.2, 0) is 0 Å². The van der Waals surface area contributed by atoms with Crippen LogP contribution in [0.15, 0.2) is 12.1 Å². The maximum Gasteiger partial charge on any atom is 0.196 e. The van der Waals surface area contributed by atoms with Crippen molar-refractivity contribution in [1.29, 1.82) is 0 Å². The molecule has 2 nitrogen and oxygen atoms in total. The number of hydrogen-bond donors (Lipinski definition) is 1. The zero-order valence-corrected chi connectivity index (χ0v) is 9.93. The van der Waals surface area contributed by atoms with Crippen molar-refractivity contribution < 1.29 is 13.2 Å². The monoisotopic (exact) mass is 256 g/mol. The number of anilines is 1. The van der Waals surface area contributed by atoms with Gasteiger partial charge >= 0.3 is 0 Å². The average Bonchev–Trinajstić information content (AvgIpc) is 2.94. The zero-order valence-electron chi connectivity index (χ0n) is 9.93. The van der Waals surface area contributed by atoms with Crippen molar-refractivity contribution in [1.82, 2.24) is 4.90 Å². The number of benzene rings is 1. The van der Waals surface area contributed by atoms with Crippen molar-refractivity contribution in [2.75, 3.05) is 18.4 Å². The van der Waals surface area contributed by atoms with Crippen LogP contribution < -0.4 is 5.32 Å². The molecule has 2 saturated heterocycles. The largest absolute Gasteiger partial charge is 0.378 e. The molecular formula is C13H15F3N2. The van der Waals surface area contributed by atoms with Crippen molar-refractivity contribution in [2.45, 2.75) is 31.3 Å². The van der Waals surface area contributed by atoms with Crippen LogP contribution in [0.3, 0.4) is 0 Å². The molecule has 1 N–H and O–H groups in total. The number of hydrogen-bond acceptors (Lipinski definition) is 2. The van der Waals surface area contributed by atoms with Gasteiger partial charge in [0.2, 0.25) is 0 Å². The van der Waals surface area contributed by atoms with E-state index in [2.05, 4.69) is 10.2 Å². The molecule has 0 aliphatic carbocycles. The Hall–Kier alpha value is -1.23. The fourth-order valence-electron chi connectivity index (χ4n) is 3.09. The minimum Gasteiger partial charge on any atom is -0.378 e. The molecule has 3 rings (SSSR count). The highest BCUT2D eigenvalue weighted by Crippen LogP contribution is 2.31. The van der Waals surface area contributed by atoms with Gasteiger partial charge in [0.1, 0.15) is 0 Å². The molecule has 98 valence electrons. The van der Waals surface area contributed by atoms with Crippen molar-refractivity contribution in [2.24, 2.45) is 0 Å². The fourth-order valence-corrected chi connectivity index (χ4v) is 3.09. The number of rotatable bonds is 2. The molecule has 2 aliphatic heterocycles. The van der Waals surface area contributed by atoms with Crippen LogP contribution in [0.1, 0.15) is 19.3 Å². The van der Waals surface area contributed by atoms with E-state index in [4.69, 9.17) is 0 Å². The van der Waals surface area contributed by atoms with Crippen molar-refractivity contribution in [3.63, 3.8) is 0 Å². The first-order valence-electron chi connectivity index (χ1n) is 6.31. The second-order valence-electron chi connectivity index (χ2n) is 5.01. The summed E-state index contributed by atoms with van der Waals surface area (Å²) in [6.07, 6.45) is 3.16. The summed E-state index contributed by atoms with van der Waals surface area (Å²) in [7, 11) is 0. The minimum absolute atomic E-state index is 0.0626. The maximum atomic E-state index is 13.6. The Morgan fingerprint density at radius 1 is 1.06 bits per heavy atom. The molecular weight excluding hydrogens is 241 g/mol. The Bertz CT molecular complexity index is 464. The van der Waals surface area contributed by atoms with Gasteiger partial charge < -0.3 is 5.32 Å². The van der Waals surface area contributed by atoms with Crippen molar-refractivity contribution in [3.8, 4) is 0 Å². The maximum absolute atomic E-state index is 13.6. The molecule has 1 aromatic rings. The smallest absolute Gasteiger partial charge is 0.196 e. The van der Waals surface area contributed by atoms with Gasteiger partial charge in [-0.25, -0.2) is 13.2 Å². The van der Waals surface area contributed by atoms with E-state index in [1.54, 1.807) is 0 Å². The second-order valence-corrected chi connectivity index (χ2v) is 5.01. The first-order chi connectivity index (χ1) is 8.66. The normalized spacial score (nSPS) is 27.5. The van der Waals surface area contributed by atoms with Gasteiger partial charge in [-0.2, -0.15) is 0 Å². The van der Waals surface area contributed by atoms with Crippen LogP contribution in [0.5, 0.6) is 0 Å². The van der Waals surface area contributed by atoms with Gasteiger partial charge in [-0.1, -0.05) is 0 Å². The molecule has 2 unspecified atom stereocenters. The third kappa shape index (κ3) is 1.86. The Morgan fingerprint density at radius 2 is 1.89 bits per heavy atom. The average molecular weight is 256 g/mol. The minimum atomic E-state index is -1.40. The molecule has 18 heavy (non-hydrogen) atoms. The van der Waals surface area contributed by atoms with Gasteiger partial charge in [0.15, 0.2) is 17.5 Å². The summed E-state index contributed by atoms with van der Waals surface area (Å²) in [4.78, 5) is 2.37. The van der Waals surface area contributed by atoms with E-state index in [9.17, 15) is 13.2 Å². The summed E-state index contributed by atoms with van der Waals surface area (Å²) in [5.74, 6) is -3.67. The molecule has 0 spiro atoms. The van der Waals surface area contributed by atoms with E-state index >= 15 is 0 Å². The van der Waals surface area contributed by atoms with Gasteiger partial charge in [-0.05, 0) is 37.9 Å². The number of halogens is 3. The van der Waals surface area contributed by atoms with E-state index < -0.39 is 17.5 Å². The molecule has 5 heteroatoms. The third-order valence-corrected chi connectivity index (χ3v) is 3.98. The summed E-state index contributed by atoms with van der Waals surface area (Å²) < 4.78 is 39.5. The quantitative estimate of drug-likeness (QED) is 0.818. The van der Waals surface area contributed by atoms with Gasteiger partial charge in [0, 0.05) is 18.6 Å². The standard InChI is InChI=1S/C13H15F3N2/c14-8-3-4-10(13(16)12(8)15)17-9-5-7-18-6-1-2-11(9)18/h3-4,9,11,17H,1-2,5-7H2. The van der Waals surface area contributed by atoms with Gasteiger partial charge in [0.25, 0.3) is 0 Å². The predicted octanol–water partition coefficient (Wildman–Crippen LogP) is 2.75. The molecule has 0 amide bonds. The highest BCUT2D eigenvalue weighted by Gasteiger charge is 2.37. The molecule has 0 radical (unpaired) electrons. The summed E-state index contributed by atoms with van der Waals surface area (Å²) in [5.41, 5.74) is 0.0626. The van der Waals surface area contributed by atoms with E-state index in [-0.39, 0.29) is 11.7 Å². The lowest BCUT2D eigenvalue weighted by Crippen LogP contribution is -2.34. The molecule has 2 aliphatic rings. The SMILES string of the molecule is Fc1ccc(NC2CCN3CCCC23)c(F)c1F. The number of nitrogens with zero attached hydrogens (tertiary/aromatic N) is 1. The van der Waals surface area contributed by atoms with Crippen molar-refractivity contribution >= 4 is 5.69 Å². The lowest BCUT2D eigenvalue weighted by atomic mass is 10.1. The molecule has 1 aromatic carbocycles. The number of nitrogens with one attached hydrogen (secondary N) is 1. The molecule has 0 bridgehead atoms. The summed E-state index contributed by atoms with van der Waals surface area (Å²) >= 11 is 0. The fraction of sp³-hybridized carbons (Fsp3) is 0.538. The van der Waals surface area contributed by atoms with Crippen LogP contribution in [0.2, 0.25) is 0 Å². The second kappa shape index (κ2) is 4.46. The first-order valence-corrected chi connectivity index (χ1v) is 6.31. The summed E-state index contributed by atoms with van der Waals surface area (Å²) in [5, 5.41) is 3.03. The van der Waals surface area contributed by atoms with Crippen LogP contribution in [0.25, 0.3) is 0 Å². The van der Waals surface area contributed by atoms with Crippen molar-refractivity contribution in [3.05, 3.63) is 29.6 Å². The molecule has 0 aromatic heterocycles. The highest BCUT2D eigenvalue weighted by molar-refractivity contribution is 5.46. The van der Waals surface area contributed by atoms with E-state index in [0.717, 1.165) is 38.4 Å². The predicted molar refractivity (Wildman–Crippen MR) is 62.9 cm³/mol. The number of fused-ring (bicyclic) bond motifs is 1. The Morgan fingerprint density at radius 3 is 2.72 bits per heavy atom. The molecule has 2 heterocycles. The zero-order chi connectivity index (χ0) is 12.7. The molecule has 2 fully saturated rings. The van der Waals surface area contributed by atoms with E-state index in [0.29, 0.717) is 6.04 Å². The van der Waals surface area contributed by atoms with E-state index in [1.807, 2.05) is 0 Å². The summed E-state index contributed by atoms with van der Waals surface area (Å²) in [6, 6.07) is 2.76. The van der Waals surface area contributed by atoms with Gasteiger partial charge in [0.05, 0.1) is 5.69 Å². The Kier molecular flexibility index (Phi) is 2.93. The van der Waals surface area contributed by atoms with Crippen LogP contribution >= 0.6 is 0 Å². The van der Waals surface area contributed by atoms with Crippen LogP contribution in [-0.4, -0.2) is 30.1 Å². The summed E-state index contributed by atoms with van der Waals surface area (Å²) in [6.45, 7) is 2.08. The van der Waals surface area contributed by atoms with Crippen LogP contribution in [0.4, 0.5) is 18.9 Å². The van der Waals surface area contributed by atoms with E-state index in [1.165, 1.54) is 6.07 Å². The Balaban J connectivity index is 1.79. The molecule has 2 atom stereocenters. The lowest BCUT2D eigenvalue weighted by Gasteiger charge is -2.22. The topological polar surface area (TPSA) is 15.3 Å². The van der Waals surface area contributed by atoms with Gasteiger partial charge in [-0.3, -0.25) is 4.90 Å². The molecule has 0 saturated carbocycles. The third-order valence-electron chi connectivity index (χ3n) is 3.98. The van der Waals surface area contributed by atoms with Crippen LogP contribution in [0, 0.1) is 17.5 Å². The first kappa shape index (κ1) is 11.8.